The Morgan fingerprint density at radius 3 is 2.40 bits per heavy atom. The van der Waals surface area contributed by atoms with Gasteiger partial charge in [0.2, 0.25) is 0 Å². The van der Waals surface area contributed by atoms with E-state index in [1.165, 1.54) is 12.1 Å². The number of phenolic OH excluding ortho intramolecular Hbond substituents is 1. The van der Waals surface area contributed by atoms with Crippen LogP contribution in [0.25, 0.3) is 0 Å². The summed E-state index contributed by atoms with van der Waals surface area (Å²) in [5, 5.41) is 23.4. The van der Waals surface area contributed by atoms with Gasteiger partial charge in [0.05, 0.1) is 0 Å². The van der Waals surface area contributed by atoms with Crippen molar-refractivity contribution in [3.8, 4) is 5.75 Å². The highest BCUT2D eigenvalue weighted by atomic mass is 16.4. The number of nitrogens with one attached hydrogen (secondary N) is 1. The van der Waals surface area contributed by atoms with Gasteiger partial charge in [-0.25, -0.2) is 0 Å². The van der Waals surface area contributed by atoms with Gasteiger partial charge in [0.1, 0.15) is 5.75 Å². The maximum atomic E-state index is 11.9. The minimum Gasteiger partial charge on any atom is -0.508 e. The molecule has 6 heteroatoms. The van der Waals surface area contributed by atoms with E-state index in [1.807, 2.05) is 0 Å². The number of hydrogen-bond donors (Lipinski definition) is 4. The monoisotopic (exact) mass is 271 g/mol. The Balaban J connectivity index is 2.12. The van der Waals surface area contributed by atoms with Crippen LogP contribution in [0.1, 0.15) is 15.9 Å². The van der Waals surface area contributed by atoms with Crippen molar-refractivity contribution in [2.45, 2.75) is 0 Å². The number of nitrogens with two attached hydrogens (primary N) is 1. The highest BCUT2D eigenvalue weighted by Gasteiger charge is 2.07. The topological polar surface area (TPSA) is 108 Å². The smallest absolute Gasteiger partial charge is 0.255 e. The molecule has 5 N–H and O–H groups in total. The largest absolute Gasteiger partial charge is 0.508 e. The molecule has 0 fully saturated rings. The Morgan fingerprint density at radius 1 is 1.10 bits per heavy atom. The summed E-state index contributed by atoms with van der Waals surface area (Å²) in [4.78, 5) is 11.9. The molecule has 0 unspecified atom stereocenters. The molecule has 20 heavy (non-hydrogen) atoms. The first-order valence-electron chi connectivity index (χ1n) is 5.78. The Morgan fingerprint density at radius 2 is 1.80 bits per heavy atom. The molecule has 102 valence electrons. The second-order valence-corrected chi connectivity index (χ2v) is 4.07. The van der Waals surface area contributed by atoms with Crippen LogP contribution in [-0.2, 0) is 0 Å². The van der Waals surface area contributed by atoms with Crippen molar-refractivity contribution in [1.82, 2.24) is 0 Å². The van der Waals surface area contributed by atoms with Crippen LogP contribution >= 0.6 is 0 Å². The van der Waals surface area contributed by atoms with Gasteiger partial charge in [-0.2, -0.15) is 0 Å². The highest BCUT2D eigenvalue weighted by Crippen LogP contribution is 2.14. The summed E-state index contributed by atoms with van der Waals surface area (Å²) in [6.07, 6.45) is 0. The number of nitrogens with zero attached hydrogens (tertiary/aromatic N) is 1. The molecule has 1 amide bonds. The molecule has 0 spiro atoms. The van der Waals surface area contributed by atoms with Gasteiger partial charge >= 0.3 is 0 Å². The fraction of sp³-hybridized carbons (Fsp3) is 0. The first kappa shape index (κ1) is 13.4. The molecule has 0 aliphatic rings. The van der Waals surface area contributed by atoms with Crippen molar-refractivity contribution in [2.75, 3.05) is 5.32 Å². The zero-order valence-electron chi connectivity index (χ0n) is 10.4. The number of amidine groups is 1. The minimum atomic E-state index is -0.336. The molecule has 0 atom stereocenters. The summed E-state index contributed by atoms with van der Waals surface area (Å²) in [6, 6.07) is 12.6. The molecule has 6 nitrogen and oxygen atoms in total. The van der Waals surface area contributed by atoms with Crippen LogP contribution < -0.4 is 11.1 Å². The molecule has 0 radical (unpaired) electrons. The molecule has 0 aliphatic carbocycles. The number of carbonyl (C=O) groups excluding carboxylic acids is 1. The minimum absolute atomic E-state index is 0.00383. The van der Waals surface area contributed by atoms with Gasteiger partial charge in [-0.05, 0) is 42.5 Å². The van der Waals surface area contributed by atoms with Gasteiger partial charge < -0.3 is 21.4 Å². The predicted octanol–water partition coefficient (Wildman–Crippen LogP) is 1.74. The molecule has 0 heterocycles. The van der Waals surface area contributed by atoms with Crippen molar-refractivity contribution >= 4 is 17.4 Å². The summed E-state index contributed by atoms with van der Waals surface area (Å²) < 4.78 is 0. The van der Waals surface area contributed by atoms with E-state index < -0.39 is 0 Å². The summed E-state index contributed by atoms with van der Waals surface area (Å²) in [5.41, 5.74) is 6.90. The first-order chi connectivity index (χ1) is 9.60. The SMILES string of the molecule is N/C(=N/O)c1ccc(NC(=O)c2cccc(O)c2)cc1. The number of amides is 1. The molecule has 0 aromatic heterocycles. The molecular weight excluding hydrogens is 258 g/mol. The third-order valence-electron chi connectivity index (χ3n) is 2.65. The number of rotatable bonds is 3. The van der Waals surface area contributed by atoms with Crippen molar-refractivity contribution in [3.05, 3.63) is 59.7 Å². The predicted molar refractivity (Wildman–Crippen MR) is 75.0 cm³/mol. The average molecular weight is 271 g/mol. The normalized spacial score (nSPS) is 11.1. The van der Waals surface area contributed by atoms with Crippen LogP contribution in [0.2, 0.25) is 0 Å². The van der Waals surface area contributed by atoms with Gasteiger partial charge in [-0.1, -0.05) is 11.2 Å². The second-order valence-electron chi connectivity index (χ2n) is 4.07. The van der Waals surface area contributed by atoms with Crippen LogP contribution in [0, 0.1) is 0 Å². The number of benzene rings is 2. The summed E-state index contributed by atoms with van der Waals surface area (Å²) in [6.45, 7) is 0. The fourth-order valence-electron chi connectivity index (χ4n) is 1.63. The van der Waals surface area contributed by atoms with Crippen molar-refractivity contribution in [2.24, 2.45) is 10.9 Å². The van der Waals surface area contributed by atoms with Crippen molar-refractivity contribution in [3.63, 3.8) is 0 Å². The molecule has 0 saturated heterocycles. The third kappa shape index (κ3) is 3.05. The Bertz CT molecular complexity index is 651. The Kier molecular flexibility index (Phi) is 3.85. The number of hydrogen-bond acceptors (Lipinski definition) is 4. The van der Waals surface area contributed by atoms with Crippen molar-refractivity contribution in [1.29, 1.82) is 0 Å². The van der Waals surface area contributed by atoms with Gasteiger partial charge in [-0.3, -0.25) is 4.79 Å². The van der Waals surface area contributed by atoms with Gasteiger partial charge in [0.15, 0.2) is 5.84 Å². The van der Waals surface area contributed by atoms with E-state index in [4.69, 9.17) is 10.9 Å². The molecule has 2 aromatic carbocycles. The summed E-state index contributed by atoms with van der Waals surface area (Å²) in [5.74, 6) is -0.312. The fourth-order valence-corrected chi connectivity index (χ4v) is 1.63. The quantitative estimate of drug-likeness (QED) is 0.295. The maximum Gasteiger partial charge on any atom is 0.255 e. The van der Waals surface area contributed by atoms with Crippen LogP contribution in [0.3, 0.4) is 0 Å². The Hall–Kier alpha value is -3.02. The lowest BCUT2D eigenvalue weighted by atomic mass is 10.1. The van der Waals surface area contributed by atoms with E-state index in [2.05, 4.69) is 10.5 Å². The molecular formula is C14H13N3O3. The van der Waals surface area contributed by atoms with E-state index in [0.717, 1.165) is 0 Å². The number of carbonyl (C=O) groups is 1. The van der Waals surface area contributed by atoms with Crippen LogP contribution in [-0.4, -0.2) is 22.1 Å². The van der Waals surface area contributed by atoms with E-state index in [-0.39, 0.29) is 17.5 Å². The van der Waals surface area contributed by atoms with Crippen LogP contribution in [0.4, 0.5) is 5.69 Å². The van der Waals surface area contributed by atoms with E-state index in [1.54, 1.807) is 36.4 Å². The molecule has 2 aromatic rings. The number of phenols is 1. The average Bonchev–Trinajstić information content (AvgIpc) is 2.47. The lowest BCUT2D eigenvalue weighted by Crippen LogP contribution is -2.14. The number of oxime groups is 1. The molecule has 0 aliphatic heterocycles. The maximum absolute atomic E-state index is 11.9. The zero-order chi connectivity index (χ0) is 14.5. The van der Waals surface area contributed by atoms with Gasteiger partial charge in [-0.15, -0.1) is 0 Å². The Labute approximate surface area is 115 Å². The zero-order valence-corrected chi connectivity index (χ0v) is 10.4. The standard InChI is InChI=1S/C14H13N3O3/c15-13(17-20)9-4-6-11(7-5-9)16-14(19)10-2-1-3-12(18)8-10/h1-8,18,20H,(H2,15,17)(H,16,19). The number of aromatic hydroxyl groups is 1. The molecule has 0 saturated carbocycles. The van der Waals surface area contributed by atoms with Crippen LogP contribution in [0.15, 0.2) is 53.7 Å². The molecule has 0 bridgehead atoms. The van der Waals surface area contributed by atoms with Gasteiger partial charge in [0.25, 0.3) is 5.91 Å². The summed E-state index contributed by atoms with van der Waals surface area (Å²) >= 11 is 0. The van der Waals surface area contributed by atoms with E-state index in [0.29, 0.717) is 16.8 Å². The lowest BCUT2D eigenvalue weighted by molar-refractivity contribution is 0.102. The second kappa shape index (κ2) is 5.75. The molecule has 2 rings (SSSR count). The first-order valence-corrected chi connectivity index (χ1v) is 5.78. The summed E-state index contributed by atoms with van der Waals surface area (Å²) in [7, 11) is 0. The highest BCUT2D eigenvalue weighted by molar-refractivity contribution is 6.05. The van der Waals surface area contributed by atoms with Crippen LogP contribution in [0.5, 0.6) is 5.75 Å². The third-order valence-corrected chi connectivity index (χ3v) is 2.65. The lowest BCUT2D eigenvalue weighted by Gasteiger charge is -2.06. The van der Waals surface area contributed by atoms with Crippen molar-refractivity contribution < 1.29 is 15.1 Å². The van der Waals surface area contributed by atoms with E-state index in [9.17, 15) is 9.90 Å². The van der Waals surface area contributed by atoms with E-state index >= 15 is 0 Å². The number of anilines is 1. The van der Waals surface area contributed by atoms with Gasteiger partial charge in [0, 0.05) is 16.8 Å².